The van der Waals surface area contributed by atoms with Gasteiger partial charge in [0.2, 0.25) is 0 Å². The zero-order valence-corrected chi connectivity index (χ0v) is 10.7. The van der Waals surface area contributed by atoms with E-state index >= 15 is 0 Å². The molecule has 0 unspecified atom stereocenters. The number of ether oxygens (including phenoxy) is 2. The summed E-state index contributed by atoms with van der Waals surface area (Å²) in [6.45, 7) is 4.00. The van der Waals surface area contributed by atoms with Crippen molar-refractivity contribution in [3.8, 4) is 0 Å². The molecule has 104 valence electrons. The van der Waals surface area contributed by atoms with Gasteiger partial charge in [0, 0.05) is 26.4 Å². The quantitative estimate of drug-likeness (QED) is 0.560. The van der Waals surface area contributed by atoms with Gasteiger partial charge in [0.15, 0.2) is 0 Å². The van der Waals surface area contributed by atoms with Crippen molar-refractivity contribution in [2.24, 2.45) is 0 Å². The van der Waals surface area contributed by atoms with Crippen LogP contribution in [0.5, 0.6) is 0 Å². The van der Waals surface area contributed by atoms with E-state index in [4.69, 9.17) is 28.1 Å². The van der Waals surface area contributed by atoms with E-state index < -0.39 is 10.2 Å². The van der Waals surface area contributed by atoms with Crippen molar-refractivity contribution in [1.82, 2.24) is 0 Å². The van der Waals surface area contributed by atoms with E-state index in [1.54, 1.807) is 0 Å². The molecule has 2 aliphatic rings. The molecule has 0 spiro atoms. The van der Waals surface area contributed by atoms with E-state index in [-0.39, 0.29) is 0 Å². The van der Waals surface area contributed by atoms with Crippen LogP contribution in [0.4, 0.5) is 0 Å². The van der Waals surface area contributed by atoms with Crippen LogP contribution < -0.4 is 14.0 Å². The molecule has 0 saturated carbocycles. The predicted molar refractivity (Wildman–Crippen MR) is 51.6 cm³/mol. The zero-order chi connectivity index (χ0) is 13.0. The summed E-state index contributed by atoms with van der Waals surface area (Å²) < 4.78 is 42.9. The second-order valence-electron chi connectivity index (χ2n) is 3.74. The summed E-state index contributed by atoms with van der Waals surface area (Å²) in [6.07, 6.45) is 7.86. The zero-order valence-electron chi connectivity index (χ0n) is 9.94. The third kappa shape index (κ3) is 21.8. The summed E-state index contributed by atoms with van der Waals surface area (Å²) in [4.78, 5) is 0. The van der Waals surface area contributed by atoms with E-state index in [1.807, 2.05) is 0 Å². The van der Waals surface area contributed by atoms with Crippen LogP contribution >= 0.6 is 0 Å². The molecule has 0 bridgehead atoms. The Hall–Kier alpha value is 0.0500. The van der Waals surface area contributed by atoms with E-state index in [1.165, 1.54) is 38.5 Å². The Labute approximate surface area is 104 Å². The van der Waals surface area contributed by atoms with Crippen LogP contribution in [-0.4, -0.2) is 31.1 Å². The minimum atomic E-state index is -4.69. The van der Waals surface area contributed by atoms with Gasteiger partial charge in [-0.2, -0.15) is 14.0 Å². The number of hydrogen-bond donors (Lipinski definition) is 1. The van der Waals surface area contributed by atoms with Crippen molar-refractivity contribution < 1.29 is 38.4 Å². The lowest BCUT2D eigenvalue weighted by Gasteiger charge is -2.08. The summed E-state index contributed by atoms with van der Waals surface area (Å²) in [5, 5.41) is 0. The standard InChI is InChI=1S/2C5H10O.ClHO4/c2*1-2-4-6-5-3-1;2-1(3,4)5/h2*1-5H2;(H,2,3,4,5). The first-order valence-electron chi connectivity index (χ1n) is 5.79. The Balaban J connectivity index is 0.000000228. The van der Waals surface area contributed by atoms with Crippen molar-refractivity contribution in [3.05, 3.63) is 0 Å². The van der Waals surface area contributed by atoms with Gasteiger partial charge in [0.05, 0.1) is 14.9 Å². The highest BCUT2D eigenvalue weighted by molar-refractivity contribution is 4.45. The lowest BCUT2D eigenvalue weighted by Crippen LogP contribution is -2.58. The SMILES string of the molecule is C1CCOCC1.C1CCOCC1.[O-][Cl+3]([O-])([O-])O. The molecule has 0 aromatic rings. The molecule has 6 nitrogen and oxygen atoms in total. The molecule has 7 heteroatoms. The summed E-state index contributed by atoms with van der Waals surface area (Å²) >= 11 is 0. The lowest BCUT2D eigenvalue weighted by molar-refractivity contribution is -1.92. The second-order valence-corrected chi connectivity index (χ2v) is 4.53. The smallest absolute Gasteiger partial charge is 0.0777 e. The molecule has 2 fully saturated rings. The molecule has 0 amide bonds. The molecule has 1 N–H and O–H groups in total. The highest BCUT2D eigenvalue weighted by atomic mass is 35.7. The van der Waals surface area contributed by atoms with E-state index in [2.05, 4.69) is 0 Å². The van der Waals surface area contributed by atoms with Crippen LogP contribution in [0.3, 0.4) is 0 Å². The van der Waals surface area contributed by atoms with E-state index in [0.717, 1.165) is 26.4 Å². The van der Waals surface area contributed by atoms with E-state index in [9.17, 15) is 0 Å². The van der Waals surface area contributed by atoms with Crippen LogP contribution in [0.1, 0.15) is 38.5 Å². The minimum absolute atomic E-state index is 1.00. The van der Waals surface area contributed by atoms with Crippen LogP contribution in [0.15, 0.2) is 0 Å². The largest absolute Gasteiger partial charge is 0.381 e. The monoisotopic (exact) mass is 272 g/mol. The topological polar surface area (TPSA) is 108 Å². The average molecular weight is 273 g/mol. The fraction of sp³-hybridized carbons (Fsp3) is 1.00. The molecule has 0 radical (unpaired) electrons. The van der Waals surface area contributed by atoms with Crippen molar-refractivity contribution in [1.29, 1.82) is 0 Å². The normalized spacial score (nSPS) is 20.5. The Bertz CT molecular complexity index is 112. The van der Waals surface area contributed by atoms with Gasteiger partial charge in [-0.15, -0.1) is 0 Å². The molecule has 2 rings (SSSR count). The Morgan fingerprint density at radius 3 is 0.941 bits per heavy atom. The molecule has 17 heavy (non-hydrogen) atoms. The summed E-state index contributed by atoms with van der Waals surface area (Å²) in [5.74, 6) is 0. The van der Waals surface area contributed by atoms with E-state index in [0.29, 0.717) is 0 Å². The van der Waals surface area contributed by atoms with Crippen molar-refractivity contribution in [2.75, 3.05) is 26.4 Å². The second kappa shape index (κ2) is 11.2. The van der Waals surface area contributed by atoms with Gasteiger partial charge in [0.1, 0.15) is 0 Å². The summed E-state index contributed by atoms with van der Waals surface area (Å²) in [5.41, 5.74) is 0. The van der Waals surface area contributed by atoms with Crippen molar-refractivity contribution >= 4 is 0 Å². The van der Waals surface area contributed by atoms with Gasteiger partial charge in [-0.05, 0) is 38.5 Å². The van der Waals surface area contributed by atoms with Gasteiger partial charge >= 0.3 is 0 Å². The van der Waals surface area contributed by atoms with Crippen LogP contribution in [0.2, 0.25) is 0 Å². The van der Waals surface area contributed by atoms with Gasteiger partial charge in [-0.1, -0.05) is 0 Å². The van der Waals surface area contributed by atoms with Gasteiger partial charge in [0.25, 0.3) is 0 Å². The first-order valence-corrected chi connectivity index (χ1v) is 7.05. The fourth-order valence-corrected chi connectivity index (χ4v) is 1.37. The number of rotatable bonds is 0. The molecule has 2 saturated heterocycles. The Morgan fingerprint density at radius 2 is 0.882 bits per heavy atom. The van der Waals surface area contributed by atoms with Gasteiger partial charge < -0.3 is 9.47 Å². The maximum Gasteiger partial charge on any atom is 0.0777 e. The van der Waals surface area contributed by atoms with Crippen LogP contribution in [0.25, 0.3) is 0 Å². The molecule has 0 aromatic carbocycles. The predicted octanol–water partition coefficient (Wildman–Crippen LogP) is -1.75. The molecule has 0 atom stereocenters. The van der Waals surface area contributed by atoms with Gasteiger partial charge in [-0.25, -0.2) is 0 Å². The molecule has 0 aromatic heterocycles. The molecular formula is C10H21ClO6. The summed E-state index contributed by atoms with van der Waals surface area (Å²) in [6, 6.07) is 0. The Morgan fingerprint density at radius 1 is 0.647 bits per heavy atom. The molecular weight excluding hydrogens is 252 g/mol. The fourth-order valence-electron chi connectivity index (χ4n) is 1.37. The maximum atomic E-state index is 8.60. The first-order chi connectivity index (χ1) is 8.00. The average Bonchev–Trinajstić information content (AvgIpc) is 2.32. The van der Waals surface area contributed by atoms with Crippen molar-refractivity contribution in [3.63, 3.8) is 0 Å². The maximum absolute atomic E-state index is 8.60. The Kier molecular flexibility index (Phi) is 11.2. The lowest BCUT2D eigenvalue weighted by atomic mass is 10.2. The van der Waals surface area contributed by atoms with Crippen LogP contribution in [-0.2, 0) is 9.47 Å². The minimum Gasteiger partial charge on any atom is -0.381 e. The first kappa shape index (κ1) is 17.1. The highest BCUT2D eigenvalue weighted by Gasteiger charge is 1.99. The third-order valence-corrected chi connectivity index (χ3v) is 2.15. The number of halogens is 1. The van der Waals surface area contributed by atoms with Gasteiger partial charge in [-0.3, -0.25) is 0 Å². The number of hydrogen-bond acceptors (Lipinski definition) is 6. The molecule has 2 aliphatic heterocycles. The molecule has 0 aliphatic carbocycles. The highest BCUT2D eigenvalue weighted by Crippen LogP contribution is 2.02. The van der Waals surface area contributed by atoms with Crippen LogP contribution in [0, 0.1) is 10.2 Å². The summed E-state index contributed by atoms with van der Waals surface area (Å²) in [7, 11) is -4.69. The third-order valence-electron chi connectivity index (χ3n) is 2.15. The molecule has 2 heterocycles. The van der Waals surface area contributed by atoms with Crippen molar-refractivity contribution in [2.45, 2.75) is 38.5 Å².